The van der Waals surface area contributed by atoms with Crippen LogP contribution in [0.15, 0.2) is 36.4 Å². The van der Waals surface area contributed by atoms with Crippen molar-refractivity contribution in [1.82, 2.24) is 10.2 Å². The van der Waals surface area contributed by atoms with Gasteiger partial charge in [-0.25, -0.2) is 12.8 Å². The summed E-state index contributed by atoms with van der Waals surface area (Å²) >= 11 is 18.1. The van der Waals surface area contributed by atoms with Gasteiger partial charge in [0.2, 0.25) is 21.8 Å². The van der Waals surface area contributed by atoms with Gasteiger partial charge in [-0.15, -0.1) is 0 Å². The third-order valence-corrected chi connectivity index (χ3v) is 6.80. The maximum Gasteiger partial charge on any atom is 0.244 e. The molecule has 0 saturated carbocycles. The third-order valence-electron chi connectivity index (χ3n) is 4.65. The first-order chi connectivity index (χ1) is 14.9. The van der Waals surface area contributed by atoms with Crippen LogP contribution < -0.4 is 9.62 Å². The van der Waals surface area contributed by atoms with Gasteiger partial charge < -0.3 is 10.2 Å². The van der Waals surface area contributed by atoms with Crippen molar-refractivity contribution in [1.29, 1.82) is 0 Å². The van der Waals surface area contributed by atoms with Crippen LogP contribution in [-0.2, 0) is 26.2 Å². The Labute approximate surface area is 201 Å². The molecule has 2 aromatic carbocycles. The highest BCUT2D eigenvalue weighted by Gasteiger charge is 2.31. The molecule has 0 bridgehead atoms. The second-order valence-corrected chi connectivity index (χ2v) is 10.0. The second-order valence-electron chi connectivity index (χ2n) is 6.89. The normalized spacial score (nSPS) is 12.2. The minimum atomic E-state index is -4.01. The van der Waals surface area contributed by atoms with Crippen molar-refractivity contribution < 1.29 is 22.4 Å². The number of amides is 2. The first-order valence-corrected chi connectivity index (χ1v) is 12.2. The van der Waals surface area contributed by atoms with Crippen LogP contribution in [0.1, 0.15) is 12.5 Å². The van der Waals surface area contributed by atoms with Gasteiger partial charge in [-0.1, -0.05) is 53.0 Å². The third kappa shape index (κ3) is 6.25. The van der Waals surface area contributed by atoms with Gasteiger partial charge in [-0.3, -0.25) is 13.9 Å². The number of nitrogens with one attached hydrogen (secondary N) is 1. The Morgan fingerprint density at radius 2 is 1.69 bits per heavy atom. The van der Waals surface area contributed by atoms with Crippen molar-refractivity contribution in [2.45, 2.75) is 19.5 Å². The summed E-state index contributed by atoms with van der Waals surface area (Å²) in [5, 5.41) is 2.53. The fourth-order valence-electron chi connectivity index (χ4n) is 2.90. The number of sulfonamides is 1. The summed E-state index contributed by atoms with van der Waals surface area (Å²) in [5.41, 5.74) is 0.102. The van der Waals surface area contributed by atoms with Gasteiger partial charge in [0.25, 0.3) is 0 Å². The molecule has 2 rings (SSSR count). The van der Waals surface area contributed by atoms with Gasteiger partial charge in [0, 0.05) is 19.2 Å². The van der Waals surface area contributed by atoms with Crippen LogP contribution in [0.25, 0.3) is 0 Å². The molecule has 1 atom stereocenters. The number of hydrogen-bond acceptors (Lipinski definition) is 4. The molecule has 0 aromatic heterocycles. The predicted octanol–water partition coefficient (Wildman–Crippen LogP) is 3.72. The molecule has 7 nitrogen and oxygen atoms in total. The van der Waals surface area contributed by atoms with Crippen LogP contribution in [0.2, 0.25) is 15.1 Å². The van der Waals surface area contributed by atoms with Gasteiger partial charge in [0.15, 0.2) is 0 Å². The average Bonchev–Trinajstić information content (AvgIpc) is 2.72. The molecule has 0 aliphatic rings. The molecule has 2 aromatic rings. The van der Waals surface area contributed by atoms with Crippen molar-refractivity contribution in [2.24, 2.45) is 0 Å². The number of hydrogen-bond donors (Lipinski definition) is 1. The van der Waals surface area contributed by atoms with E-state index in [2.05, 4.69) is 5.32 Å². The van der Waals surface area contributed by atoms with Crippen LogP contribution in [0.4, 0.5) is 10.1 Å². The Bertz CT molecular complexity index is 1130. The summed E-state index contributed by atoms with van der Waals surface area (Å²) in [6, 6.07) is 7.24. The summed E-state index contributed by atoms with van der Waals surface area (Å²) < 4.78 is 40.0. The molecule has 0 fully saturated rings. The van der Waals surface area contributed by atoms with E-state index in [1.54, 1.807) is 6.07 Å². The summed E-state index contributed by atoms with van der Waals surface area (Å²) in [5.74, 6) is -1.83. The fourth-order valence-corrected chi connectivity index (χ4v) is 4.45. The summed E-state index contributed by atoms with van der Waals surface area (Å²) in [6.07, 6.45) is 0.891. The molecular formula is C20H21Cl3FN3O4S. The zero-order valence-electron chi connectivity index (χ0n) is 17.4. The molecule has 0 heterocycles. The standard InChI is InChI=1S/C20H21Cl3FN3O4S/c1-12(20(29)25-2)26(10-13-6-4-5-7-17(13)24)19(28)11-27(32(3,30)31)18-9-15(22)14(21)8-16(18)23/h4-9,12H,10-11H2,1-3H3,(H,25,29). The zero-order chi connectivity index (χ0) is 24.2. The van der Waals surface area contributed by atoms with Crippen molar-refractivity contribution in [3.63, 3.8) is 0 Å². The van der Waals surface area contributed by atoms with Crippen LogP contribution in [0.5, 0.6) is 0 Å². The van der Waals surface area contributed by atoms with Crippen LogP contribution >= 0.6 is 34.8 Å². The number of likely N-dealkylation sites (N-methyl/N-ethyl adjacent to an activating group) is 1. The van der Waals surface area contributed by atoms with Crippen LogP contribution in [0.3, 0.4) is 0 Å². The molecule has 32 heavy (non-hydrogen) atoms. The Morgan fingerprint density at radius 3 is 2.25 bits per heavy atom. The molecule has 0 aliphatic carbocycles. The first kappa shape index (κ1) is 26.2. The van der Waals surface area contributed by atoms with Crippen molar-refractivity contribution in [3.05, 3.63) is 62.8 Å². The van der Waals surface area contributed by atoms with E-state index < -0.39 is 40.2 Å². The Hall–Kier alpha value is -2.07. The molecule has 1 N–H and O–H groups in total. The lowest BCUT2D eigenvalue weighted by Gasteiger charge is -2.31. The molecule has 1 unspecified atom stereocenters. The van der Waals surface area contributed by atoms with Crippen LogP contribution in [0, 0.1) is 5.82 Å². The van der Waals surface area contributed by atoms with Crippen LogP contribution in [-0.4, -0.2) is 51.0 Å². The molecule has 0 spiro atoms. The molecule has 174 valence electrons. The number of carbonyl (C=O) groups is 2. The fraction of sp³-hybridized carbons (Fsp3) is 0.300. The van der Waals surface area contributed by atoms with Gasteiger partial charge in [0.05, 0.1) is 27.0 Å². The van der Waals surface area contributed by atoms with Crippen molar-refractivity contribution >= 4 is 62.3 Å². The smallest absolute Gasteiger partial charge is 0.244 e. The first-order valence-electron chi connectivity index (χ1n) is 9.23. The van der Waals surface area contributed by atoms with Crippen molar-refractivity contribution in [2.75, 3.05) is 24.2 Å². The average molecular weight is 525 g/mol. The molecule has 0 aliphatic heterocycles. The Kier molecular flexibility index (Phi) is 8.75. The van der Waals surface area contributed by atoms with E-state index in [0.29, 0.717) is 0 Å². The maximum absolute atomic E-state index is 14.2. The zero-order valence-corrected chi connectivity index (χ0v) is 20.5. The summed E-state index contributed by atoms with van der Waals surface area (Å²) in [6.45, 7) is 0.494. The lowest BCUT2D eigenvalue weighted by atomic mass is 10.1. The highest BCUT2D eigenvalue weighted by Crippen LogP contribution is 2.35. The summed E-state index contributed by atoms with van der Waals surface area (Å²) in [7, 11) is -2.61. The highest BCUT2D eigenvalue weighted by molar-refractivity contribution is 7.92. The molecule has 0 saturated heterocycles. The van der Waals surface area contributed by atoms with E-state index >= 15 is 0 Å². The van der Waals surface area contributed by atoms with Gasteiger partial charge in [-0.05, 0) is 25.1 Å². The minimum Gasteiger partial charge on any atom is -0.357 e. The number of benzene rings is 2. The lowest BCUT2D eigenvalue weighted by molar-refractivity contribution is -0.139. The monoisotopic (exact) mass is 523 g/mol. The molecule has 12 heteroatoms. The SMILES string of the molecule is CNC(=O)C(C)N(Cc1ccccc1F)C(=O)CN(c1cc(Cl)c(Cl)cc1Cl)S(C)(=O)=O. The topological polar surface area (TPSA) is 86.8 Å². The van der Waals surface area contributed by atoms with E-state index in [1.807, 2.05) is 0 Å². The van der Waals surface area contributed by atoms with Gasteiger partial charge in [0.1, 0.15) is 18.4 Å². The number of nitrogens with zero attached hydrogens (tertiary/aromatic N) is 2. The van der Waals surface area contributed by atoms with Crippen molar-refractivity contribution in [3.8, 4) is 0 Å². The number of anilines is 1. The number of carbonyl (C=O) groups excluding carboxylic acids is 2. The number of rotatable bonds is 8. The summed E-state index contributed by atoms with van der Waals surface area (Å²) in [4.78, 5) is 26.6. The van der Waals surface area contributed by atoms with Gasteiger partial charge in [-0.2, -0.15) is 0 Å². The van der Waals surface area contributed by atoms with Gasteiger partial charge >= 0.3 is 0 Å². The van der Waals surface area contributed by atoms with E-state index in [-0.39, 0.29) is 32.9 Å². The van der Waals surface area contributed by atoms with E-state index in [1.165, 1.54) is 44.3 Å². The lowest BCUT2D eigenvalue weighted by Crippen LogP contribution is -2.50. The number of halogens is 4. The van der Waals surface area contributed by atoms with E-state index in [4.69, 9.17) is 34.8 Å². The quantitative estimate of drug-likeness (QED) is 0.533. The Balaban J connectivity index is 2.47. The molecule has 0 radical (unpaired) electrons. The molecular weight excluding hydrogens is 504 g/mol. The molecule has 2 amide bonds. The second kappa shape index (κ2) is 10.7. The largest absolute Gasteiger partial charge is 0.357 e. The highest BCUT2D eigenvalue weighted by atomic mass is 35.5. The van der Waals surface area contributed by atoms with E-state index in [9.17, 15) is 22.4 Å². The minimum absolute atomic E-state index is 0.0362. The van der Waals surface area contributed by atoms with E-state index in [0.717, 1.165) is 15.5 Å². The Morgan fingerprint density at radius 1 is 1.09 bits per heavy atom. The predicted molar refractivity (Wildman–Crippen MR) is 124 cm³/mol. The maximum atomic E-state index is 14.2.